The van der Waals surface area contributed by atoms with Crippen LogP contribution in [0.25, 0.3) is 0 Å². The number of allylic oxidation sites excluding steroid dienone is 2. The van der Waals surface area contributed by atoms with Crippen molar-refractivity contribution in [2.75, 3.05) is 0 Å². The Balaban J connectivity index is 1.97. The van der Waals surface area contributed by atoms with Crippen LogP contribution in [0.1, 0.15) is 40.5 Å². The number of Topliss-reactive ketones (excluding diaryl/α,β-unsaturated/α-hetero) is 2. The van der Waals surface area contributed by atoms with Gasteiger partial charge in [-0.05, 0) is 19.4 Å². The molecule has 1 aromatic rings. The molecule has 1 aliphatic heterocycles. The summed E-state index contributed by atoms with van der Waals surface area (Å²) < 4.78 is 5.33. The van der Waals surface area contributed by atoms with Gasteiger partial charge < -0.3 is 25.2 Å². The molecule has 2 unspecified atom stereocenters. The van der Waals surface area contributed by atoms with Gasteiger partial charge in [-0.15, -0.1) is 0 Å². The van der Waals surface area contributed by atoms with Crippen LogP contribution < -0.4 is 0 Å². The second kappa shape index (κ2) is 6.15. The number of hydrogen-bond acceptors (Lipinski definition) is 8. The van der Waals surface area contributed by atoms with Gasteiger partial charge in [0.25, 0.3) is 0 Å². The molecular weight excluding hydrogens is 368 g/mol. The maximum Gasteiger partial charge on any atom is 0.204 e. The number of hydrogen-bond donors (Lipinski definition) is 4. The van der Waals surface area contributed by atoms with Crippen LogP contribution in [0.3, 0.4) is 0 Å². The Hall–Kier alpha value is -3.23. The Morgan fingerprint density at radius 1 is 1.00 bits per heavy atom. The lowest BCUT2D eigenvalue weighted by molar-refractivity contribution is -0.129. The van der Waals surface area contributed by atoms with Gasteiger partial charge in [0.2, 0.25) is 6.29 Å². The van der Waals surface area contributed by atoms with Crippen LogP contribution in [0, 0.1) is 0 Å². The normalized spacial score (nSPS) is 24.7. The number of ketones is 3. The molecule has 4 rings (SSSR count). The van der Waals surface area contributed by atoms with Crippen molar-refractivity contribution in [3.63, 3.8) is 0 Å². The summed E-state index contributed by atoms with van der Waals surface area (Å²) >= 11 is 0. The van der Waals surface area contributed by atoms with E-state index in [1.807, 2.05) is 0 Å². The third-order valence-corrected chi connectivity index (χ3v) is 5.00. The van der Waals surface area contributed by atoms with Crippen molar-refractivity contribution in [3.8, 4) is 11.5 Å². The third-order valence-electron chi connectivity index (χ3n) is 5.00. The number of phenolic OH excluding ortho intramolecular Hbond substituents is 2. The van der Waals surface area contributed by atoms with Crippen LogP contribution in [0.15, 0.2) is 46.3 Å². The quantitative estimate of drug-likeness (QED) is 0.563. The molecule has 1 heterocycles. The van der Waals surface area contributed by atoms with E-state index in [0.29, 0.717) is 5.57 Å². The standard InChI is InChI=1S/C20H16O8/c1-7-2-11(23)17-18(15(7)13-5-9(22)6-14(25)28-13)19(26)10-3-8(21)4-12(24)16(10)20(17)27/h3-5,11,14,21,23-25H,2,6H2,1H3. The van der Waals surface area contributed by atoms with Crippen molar-refractivity contribution in [3.05, 3.63) is 57.4 Å². The van der Waals surface area contributed by atoms with E-state index < -0.39 is 41.2 Å². The molecule has 0 bridgehead atoms. The van der Waals surface area contributed by atoms with Gasteiger partial charge in [0.05, 0.1) is 18.1 Å². The summed E-state index contributed by atoms with van der Waals surface area (Å²) in [6.07, 6.45) is -1.77. The molecule has 3 aliphatic rings. The van der Waals surface area contributed by atoms with Gasteiger partial charge in [-0.2, -0.15) is 0 Å². The molecule has 0 spiro atoms. The molecule has 0 aromatic heterocycles. The fourth-order valence-corrected chi connectivity index (χ4v) is 3.87. The molecular formula is C20H16O8. The van der Waals surface area contributed by atoms with Crippen molar-refractivity contribution >= 4 is 17.3 Å². The zero-order valence-corrected chi connectivity index (χ0v) is 14.7. The van der Waals surface area contributed by atoms with Crippen molar-refractivity contribution < 1.29 is 39.5 Å². The van der Waals surface area contributed by atoms with Gasteiger partial charge >= 0.3 is 0 Å². The fraction of sp³-hybridized carbons (Fsp3) is 0.250. The Kier molecular flexibility index (Phi) is 3.99. The Morgan fingerprint density at radius 3 is 2.39 bits per heavy atom. The molecule has 0 fully saturated rings. The van der Waals surface area contributed by atoms with Gasteiger partial charge in [-0.1, -0.05) is 5.57 Å². The van der Waals surface area contributed by atoms with Crippen molar-refractivity contribution in [2.45, 2.75) is 32.2 Å². The highest BCUT2D eigenvalue weighted by atomic mass is 16.6. The first-order valence-electron chi connectivity index (χ1n) is 8.56. The average molecular weight is 384 g/mol. The number of benzene rings is 1. The summed E-state index contributed by atoms with van der Waals surface area (Å²) in [5.74, 6) is -2.90. The van der Waals surface area contributed by atoms with Gasteiger partial charge in [0.15, 0.2) is 17.3 Å². The number of phenols is 2. The van der Waals surface area contributed by atoms with Crippen molar-refractivity contribution in [1.82, 2.24) is 0 Å². The topological polar surface area (TPSA) is 141 Å². The van der Waals surface area contributed by atoms with Crippen LogP contribution in [0.2, 0.25) is 0 Å². The number of aliphatic hydroxyl groups is 2. The molecule has 2 aliphatic carbocycles. The summed E-state index contributed by atoms with van der Waals surface area (Å²) in [5, 5.41) is 40.1. The van der Waals surface area contributed by atoms with E-state index in [9.17, 15) is 34.8 Å². The molecule has 144 valence electrons. The Morgan fingerprint density at radius 2 is 1.71 bits per heavy atom. The molecule has 28 heavy (non-hydrogen) atoms. The second-order valence-electron chi connectivity index (χ2n) is 6.96. The average Bonchev–Trinajstić information content (AvgIpc) is 2.57. The van der Waals surface area contributed by atoms with Crippen LogP contribution in [0.5, 0.6) is 11.5 Å². The van der Waals surface area contributed by atoms with E-state index in [1.165, 1.54) is 0 Å². The molecule has 2 atom stereocenters. The van der Waals surface area contributed by atoms with Crippen LogP contribution in [0.4, 0.5) is 0 Å². The second-order valence-corrected chi connectivity index (χ2v) is 6.96. The maximum atomic E-state index is 13.2. The lowest BCUT2D eigenvalue weighted by atomic mass is 9.72. The van der Waals surface area contributed by atoms with E-state index in [2.05, 4.69) is 0 Å². The first-order valence-corrected chi connectivity index (χ1v) is 8.56. The monoisotopic (exact) mass is 384 g/mol. The summed E-state index contributed by atoms with van der Waals surface area (Å²) in [6, 6.07) is 2.00. The first kappa shape index (κ1) is 18.1. The van der Waals surface area contributed by atoms with Crippen molar-refractivity contribution in [2.24, 2.45) is 0 Å². The molecule has 8 heteroatoms. The molecule has 8 nitrogen and oxygen atoms in total. The van der Waals surface area contributed by atoms with Gasteiger partial charge in [0, 0.05) is 34.4 Å². The van der Waals surface area contributed by atoms with Crippen molar-refractivity contribution in [1.29, 1.82) is 0 Å². The van der Waals surface area contributed by atoms with Crippen LogP contribution in [-0.4, -0.2) is 50.2 Å². The highest BCUT2D eigenvalue weighted by molar-refractivity contribution is 6.30. The van der Waals surface area contributed by atoms with E-state index in [-0.39, 0.29) is 46.4 Å². The zero-order valence-electron chi connectivity index (χ0n) is 14.7. The lowest BCUT2D eigenvalue weighted by Crippen LogP contribution is -2.34. The first-order chi connectivity index (χ1) is 13.2. The minimum Gasteiger partial charge on any atom is -0.508 e. The number of rotatable bonds is 1. The summed E-state index contributed by atoms with van der Waals surface area (Å²) in [6.45, 7) is 1.62. The highest BCUT2D eigenvalue weighted by Crippen LogP contribution is 2.44. The molecule has 0 saturated carbocycles. The molecule has 4 N–H and O–H groups in total. The molecule has 1 aromatic carbocycles. The molecule has 0 radical (unpaired) electrons. The fourth-order valence-electron chi connectivity index (χ4n) is 3.87. The number of aliphatic hydroxyl groups excluding tert-OH is 2. The van der Waals surface area contributed by atoms with E-state index in [4.69, 9.17) is 4.74 Å². The number of aromatic hydroxyl groups is 2. The van der Waals surface area contributed by atoms with E-state index in [1.54, 1.807) is 6.92 Å². The summed E-state index contributed by atoms with van der Waals surface area (Å²) in [7, 11) is 0. The molecule has 0 saturated heterocycles. The maximum absolute atomic E-state index is 13.2. The van der Waals surface area contributed by atoms with Gasteiger partial charge in [-0.3, -0.25) is 14.4 Å². The predicted molar refractivity (Wildman–Crippen MR) is 93.6 cm³/mol. The SMILES string of the molecule is CC1=C(C2=CC(=O)CC(O)O2)C2=C(C(=O)c3c(O)cc(O)cc3C2=O)C(O)C1. The number of carbonyl (C=O) groups excluding carboxylic acids is 3. The van der Waals surface area contributed by atoms with E-state index in [0.717, 1.165) is 18.2 Å². The third kappa shape index (κ3) is 2.57. The zero-order chi connectivity index (χ0) is 20.3. The number of fused-ring (bicyclic) bond motifs is 1. The van der Waals surface area contributed by atoms with Crippen LogP contribution >= 0.6 is 0 Å². The minimum atomic E-state index is -1.39. The number of ether oxygens (including phenoxy) is 1. The molecule has 0 amide bonds. The predicted octanol–water partition coefficient (Wildman–Crippen LogP) is 1.05. The van der Waals surface area contributed by atoms with Gasteiger partial charge in [0.1, 0.15) is 17.3 Å². The number of carbonyl (C=O) groups is 3. The smallest absolute Gasteiger partial charge is 0.204 e. The Labute approximate surface area is 158 Å². The largest absolute Gasteiger partial charge is 0.508 e. The highest BCUT2D eigenvalue weighted by Gasteiger charge is 2.43. The lowest BCUT2D eigenvalue weighted by Gasteiger charge is -2.33. The van der Waals surface area contributed by atoms with Crippen LogP contribution in [-0.2, 0) is 9.53 Å². The summed E-state index contributed by atoms with van der Waals surface area (Å²) in [5.41, 5.74) is -0.242. The Bertz CT molecular complexity index is 1060. The minimum absolute atomic E-state index is 0.00630. The summed E-state index contributed by atoms with van der Waals surface area (Å²) in [4.78, 5) is 38.1. The van der Waals surface area contributed by atoms with Gasteiger partial charge in [-0.25, -0.2) is 0 Å². The van der Waals surface area contributed by atoms with E-state index >= 15 is 0 Å².